The fourth-order valence-corrected chi connectivity index (χ4v) is 3.99. The summed E-state index contributed by atoms with van der Waals surface area (Å²) < 4.78 is 2.15. The lowest BCUT2D eigenvalue weighted by Gasteiger charge is -2.17. The van der Waals surface area contributed by atoms with Crippen molar-refractivity contribution in [2.45, 2.75) is 30.6 Å². The minimum atomic E-state index is 0.0493. The monoisotopic (exact) mass is 413 g/mol. The summed E-state index contributed by atoms with van der Waals surface area (Å²) in [5.41, 5.74) is 1.99. The average Bonchev–Trinajstić information content (AvgIpc) is 3.47. The summed E-state index contributed by atoms with van der Waals surface area (Å²) >= 11 is 7.35. The summed E-state index contributed by atoms with van der Waals surface area (Å²) in [5.74, 6) is 1.19. The Bertz CT molecular complexity index is 956. The van der Waals surface area contributed by atoms with Gasteiger partial charge in [-0.3, -0.25) is 14.3 Å². The third-order valence-electron chi connectivity index (χ3n) is 4.58. The van der Waals surface area contributed by atoms with Gasteiger partial charge in [0, 0.05) is 42.6 Å². The smallest absolute Gasteiger partial charge is 0.233 e. The van der Waals surface area contributed by atoms with Gasteiger partial charge in [-0.15, -0.1) is 10.2 Å². The molecule has 8 heteroatoms. The van der Waals surface area contributed by atoms with Crippen LogP contribution >= 0.6 is 23.4 Å². The van der Waals surface area contributed by atoms with Crippen molar-refractivity contribution in [1.29, 1.82) is 0 Å². The number of aromatic nitrogens is 4. The molecule has 28 heavy (non-hydrogen) atoms. The molecule has 2 aromatic heterocycles. The Morgan fingerprint density at radius 3 is 2.71 bits per heavy atom. The van der Waals surface area contributed by atoms with Crippen LogP contribution in [0.4, 0.5) is 0 Å². The van der Waals surface area contributed by atoms with E-state index in [2.05, 4.69) is 19.7 Å². The molecule has 1 saturated carbocycles. The maximum absolute atomic E-state index is 12.6. The normalized spacial score (nSPS) is 13.5. The van der Waals surface area contributed by atoms with Crippen molar-refractivity contribution in [2.24, 2.45) is 0 Å². The molecule has 0 spiro atoms. The van der Waals surface area contributed by atoms with Gasteiger partial charge in [0.2, 0.25) is 5.91 Å². The van der Waals surface area contributed by atoms with Gasteiger partial charge >= 0.3 is 0 Å². The molecule has 0 bridgehead atoms. The highest BCUT2D eigenvalue weighted by atomic mass is 35.5. The number of benzene rings is 1. The molecule has 1 aromatic carbocycles. The number of rotatable bonds is 7. The van der Waals surface area contributed by atoms with Crippen molar-refractivity contribution < 1.29 is 4.79 Å². The SMILES string of the molecule is CN(Cc1ccc(Cl)cc1)C(=O)CSc1nnc(-c2cccnc2)n1C1CC1. The molecule has 3 aromatic rings. The molecule has 1 fully saturated rings. The minimum absolute atomic E-state index is 0.0493. The van der Waals surface area contributed by atoms with Gasteiger partial charge in [0.25, 0.3) is 0 Å². The zero-order valence-corrected chi connectivity index (χ0v) is 17.0. The molecule has 6 nitrogen and oxygen atoms in total. The number of carbonyl (C=O) groups excluding carboxylic acids is 1. The minimum Gasteiger partial charge on any atom is -0.341 e. The van der Waals surface area contributed by atoms with Crippen LogP contribution < -0.4 is 0 Å². The first-order chi connectivity index (χ1) is 13.6. The molecule has 0 atom stereocenters. The van der Waals surface area contributed by atoms with E-state index in [9.17, 15) is 4.79 Å². The number of amides is 1. The van der Waals surface area contributed by atoms with E-state index in [0.717, 1.165) is 34.9 Å². The van der Waals surface area contributed by atoms with Crippen molar-refractivity contribution in [2.75, 3.05) is 12.8 Å². The van der Waals surface area contributed by atoms with Crippen LogP contribution in [0.2, 0.25) is 5.02 Å². The van der Waals surface area contributed by atoms with Crippen molar-refractivity contribution in [1.82, 2.24) is 24.6 Å². The lowest BCUT2D eigenvalue weighted by molar-refractivity contribution is -0.127. The van der Waals surface area contributed by atoms with Crippen LogP contribution in [0.5, 0.6) is 0 Å². The van der Waals surface area contributed by atoms with Crippen molar-refractivity contribution in [3.8, 4) is 11.4 Å². The van der Waals surface area contributed by atoms with Gasteiger partial charge in [-0.1, -0.05) is 35.5 Å². The molecule has 2 heterocycles. The highest BCUT2D eigenvalue weighted by Gasteiger charge is 2.30. The Morgan fingerprint density at radius 2 is 2.04 bits per heavy atom. The van der Waals surface area contributed by atoms with Crippen molar-refractivity contribution in [3.05, 3.63) is 59.4 Å². The number of halogens is 1. The van der Waals surface area contributed by atoms with E-state index >= 15 is 0 Å². The van der Waals surface area contributed by atoms with Gasteiger partial charge in [-0.05, 0) is 42.7 Å². The number of pyridine rings is 1. The van der Waals surface area contributed by atoms with Crippen LogP contribution in [-0.4, -0.2) is 43.4 Å². The molecule has 4 rings (SSSR count). The topological polar surface area (TPSA) is 63.9 Å². The van der Waals surface area contributed by atoms with Gasteiger partial charge in [0.15, 0.2) is 11.0 Å². The number of carbonyl (C=O) groups is 1. The molecule has 1 aliphatic rings. The molecule has 144 valence electrons. The predicted octanol–water partition coefficient (Wildman–Crippen LogP) is 4.08. The fourth-order valence-electron chi connectivity index (χ4n) is 2.92. The maximum Gasteiger partial charge on any atom is 0.233 e. The Labute approximate surface area is 172 Å². The fraction of sp³-hybridized carbons (Fsp3) is 0.300. The average molecular weight is 414 g/mol. The van der Waals surface area contributed by atoms with E-state index in [1.165, 1.54) is 11.8 Å². The number of nitrogens with zero attached hydrogens (tertiary/aromatic N) is 5. The first-order valence-electron chi connectivity index (χ1n) is 9.08. The van der Waals surface area contributed by atoms with Gasteiger partial charge in [-0.25, -0.2) is 0 Å². The lowest BCUT2D eigenvalue weighted by Crippen LogP contribution is -2.27. The third kappa shape index (κ3) is 4.36. The Balaban J connectivity index is 1.42. The highest BCUT2D eigenvalue weighted by molar-refractivity contribution is 7.99. The zero-order valence-electron chi connectivity index (χ0n) is 15.5. The molecule has 0 saturated heterocycles. The summed E-state index contributed by atoms with van der Waals surface area (Å²) in [6.45, 7) is 0.548. The Hall–Kier alpha value is -2.38. The maximum atomic E-state index is 12.6. The Morgan fingerprint density at radius 1 is 1.25 bits per heavy atom. The van der Waals surface area contributed by atoms with Crippen LogP contribution in [-0.2, 0) is 11.3 Å². The van der Waals surface area contributed by atoms with E-state index in [1.807, 2.05) is 43.4 Å². The number of hydrogen-bond acceptors (Lipinski definition) is 5. The number of hydrogen-bond donors (Lipinski definition) is 0. The summed E-state index contributed by atoms with van der Waals surface area (Å²) in [6, 6.07) is 11.8. The highest BCUT2D eigenvalue weighted by Crippen LogP contribution is 2.40. The van der Waals surface area contributed by atoms with Crippen LogP contribution in [0.3, 0.4) is 0 Å². The molecule has 0 N–H and O–H groups in total. The molecule has 0 aliphatic heterocycles. The second-order valence-corrected chi connectivity index (χ2v) is 8.19. The first-order valence-corrected chi connectivity index (χ1v) is 10.4. The Kier molecular flexibility index (Phi) is 5.64. The quantitative estimate of drug-likeness (QED) is 0.546. The largest absolute Gasteiger partial charge is 0.341 e. The lowest BCUT2D eigenvalue weighted by atomic mass is 10.2. The molecular formula is C20H20ClN5OS. The molecular weight excluding hydrogens is 394 g/mol. The van der Waals surface area contributed by atoms with E-state index in [-0.39, 0.29) is 5.91 Å². The summed E-state index contributed by atoms with van der Waals surface area (Å²) in [5, 5.41) is 10.2. The van der Waals surface area contributed by atoms with E-state index in [0.29, 0.717) is 23.4 Å². The summed E-state index contributed by atoms with van der Waals surface area (Å²) in [4.78, 5) is 18.5. The van der Waals surface area contributed by atoms with Crippen LogP contribution in [0.1, 0.15) is 24.4 Å². The first kappa shape index (κ1) is 19.0. The summed E-state index contributed by atoms with van der Waals surface area (Å²) in [7, 11) is 1.81. The molecule has 1 aliphatic carbocycles. The van der Waals surface area contributed by atoms with Crippen molar-refractivity contribution in [3.63, 3.8) is 0 Å². The van der Waals surface area contributed by atoms with Crippen molar-refractivity contribution >= 4 is 29.3 Å². The second kappa shape index (κ2) is 8.32. The van der Waals surface area contributed by atoms with Gasteiger partial charge in [-0.2, -0.15) is 0 Å². The van der Waals surface area contributed by atoms with E-state index in [1.54, 1.807) is 17.3 Å². The summed E-state index contributed by atoms with van der Waals surface area (Å²) in [6.07, 6.45) is 5.77. The van der Waals surface area contributed by atoms with Crippen LogP contribution in [0, 0.1) is 0 Å². The second-order valence-electron chi connectivity index (χ2n) is 6.81. The third-order valence-corrected chi connectivity index (χ3v) is 5.76. The number of thioether (sulfide) groups is 1. The molecule has 0 radical (unpaired) electrons. The van der Waals surface area contributed by atoms with E-state index < -0.39 is 0 Å². The standard InChI is InChI=1S/C20H20ClN5OS/c1-25(12-14-4-6-16(21)7-5-14)18(27)13-28-20-24-23-19(26(20)17-8-9-17)15-3-2-10-22-11-15/h2-7,10-11,17H,8-9,12-13H2,1H3. The molecule has 0 unspecified atom stereocenters. The van der Waals surface area contributed by atoms with Crippen LogP contribution in [0.15, 0.2) is 53.9 Å². The zero-order chi connectivity index (χ0) is 19.5. The van der Waals surface area contributed by atoms with Gasteiger partial charge < -0.3 is 4.90 Å². The van der Waals surface area contributed by atoms with E-state index in [4.69, 9.17) is 11.6 Å². The van der Waals surface area contributed by atoms with Gasteiger partial charge in [0.05, 0.1) is 5.75 Å². The predicted molar refractivity (Wildman–Crippen MR) is 110 cm³/mol. The van der Waals surface area contributed by atoms with Gasteiger partial charge in [0.1, 0.15) is 0 Å². The van der Waals surface area contributed by atoms with Crippen LogP contribution in [0.25, 0.3) is 11.4 Å². The molecule has 1 amide bonds.